The highest BCUT2D eigenvalue weighted by molar-refractivity contribution is 7.22. The molecule has 0 saturated carbocycles. The summed E-state index contributed by atoms with van der Waals surface area (Å²) in [7, 11) is 0. The largest absolute Gasteiger partial charge is 0.235 e. The van der Waals surface area contributed by atoms with Crippen LogP contribution < -0.4 is 0 Å². The predicted octanol–water partition coefficient (Wildman–Crippen LogP) is 5.61. The lowest BCUT2D eigenvalue weighted by Crippen LogP contribution is -1.85. The van der Waals surface area contributed by atoms with E-state index in [2.05, 4.69) is 9.97 Å². The quantitative estimate of drug-likeness (QED) is 0.474. The lowest BCUT2D eigenvalue weighted by molar-refractivity contribution is 0.586. The second-order valence-corrected chi connectivity index (χ2v) is 6.59. The number of nitrogens with zero attached hydrogens (tertiary/aromatic N) is 2. The van der Waals surface area contributed by atoms with E-state index in [-0.39, 0.29) is 0 Å². The standard InChI is InChI=1S/C19H12F2N2S/c1-11-2-4-12(5-3-11)18-19-16(22-10-23-18)9-17(24-19)14-7-6-13(20)8-15(14)21/h2-10H,1H3. The zero-order chi connectivity index (χ0) is 16.7. The van der Waals surface area contributed by atoms with Crippen molar-refractivity contribution >= 4 is 21.6 Å². The van der Waals surface area contributed by atoms with Crippen LogP contribution in [0.4, 0.5) is 8.78 Å². The molecule has 0 N–H and O–H groups in total. The normalized spacial score (nSPS) is 11.1. The molecule has 0 radical (unpaired) electrons. The maximum absolute atomic E-state index is 14.1. The van der Waals surface area contributed by atoms with Crippen LogP contribution in [0.1, 0.15) is 5.56 Å². The first kappa shape index (κ1) is 14.9. The number of rotatable bonds is 2. The van der Waals surface area contributed by atoms with E-state index in [1.54, 1.807) is 0 Å². The minimum atomic E-state index is -0.586. The Morgan fingerprint density at radius 1 is 0.917 bits per heavy atom. The fraction of sp³-hybridized carbons (Fsp3) is 0.0526. The predicted molar refractivity (Wildman–Crippen MR) is 92.9 cm³/mol. The van der Waals surface area contributed by atoms with Crippen molar-refractivity contribution in [3.63, 3.8) is 0 Å². The fourth-order valence-electron chi connectivity index (χ4n) is 2.59. The molecule has 2 heterocycles. The van der Waals surface area contributed by atoms with Gasteiger partial charge in [-0.3, -0.25) is 0 Å². The van der Waals surface area contributed by atoms with Crippen LogP contribution in [0.15, 0.2) is 54.9 Å². The Morgan fingerprint density at radius 3 is 2.46 bits per heavy atom. The van der Waals surface area contributed by atoms with E-state index >= 15 is 0 Å². The van der Waals surface area contributed by atoms with Crippen molar-refractivity contribution in [2.75, 3.05) is 0 Å². The van der Waals surface area contributed by atoms with E-state index in [9.17, 15) is 8.78 Å². The number of hydrogen-bond acceptors (Lipinski definition) is 3. The summed E-state index contributed by atoms with van der Waals surface area (Å²) in [4.78, 5) is 9.38. The number of hydrogen-bond donors (Lipinski definition) is 0. The van der Waals surface area contributed by atoms with Gasteiger partial charge in [-0.05, 0) is 25.1 Å². The molecule has 118 valence electrons. The second kappa shape index (κ2) is 5.76. The molecule has 0 unspecified atom stereocenters. The minimum absolute atomic E-state index is 0.370. The van der Waals surface area contributed by atoms with Gasteiger partial charge in [-0.25, -0.2) is 18.7 Å². The van der Waals surface area contributed by atoms with Crippen molar-refractivity contribution in [1.29, 1.82) is 0 Å². The molecule has 4 rings (SSSR count). The van der Waals surface area contributed by atoms with Crippen LogP contribution in [0.25, 0.3) is 31.9 Å². The van der Waals surface area contributed by atoms with Crippen molar-refractivity contribution in [2.24, 2.45) is 0 Å². The van der Waals surface area contributed by atoms with E-state index in [1.165, 1.54) is 35.4 Å². The van der Waals surface area contributed by atoms with E-state index in [4.69, 9.17) is 0 Å². The first-order chi connectivity index (χ1) is 11.6. The summed E-state index contributed by atoms with van der Waals surface area (Å²) < 4.78 is 28.1. The third-order valence-corrected chi connectivity index (χ3v) is 5.00. The molecule has 0 aliphatic heterocycles. The van der Waals surface area contributed by atoms with E-state index in [1.807, 2.05) is 37.3 Å². The summed E-state index contributed by atoms with van der Waals surface area (Å²) in [5.74, 6) is -1.16. The average Bonchev–Trinajstić information content (AvgIpc) is 2.99. The van der Waals surface area contributed by atoms with Crippen molar-refractivity contribution < 1.29 is 8.78 Å². The van der Waals surface area contributed by atoms with Gasteiger partial charge in [0.25, 0.3) is 0 Å². The van der Waals surface area contributed by atoms with E-state index in [0.29, 0.717) is 10.4 Å². The Balaban J connectivity index is 1.89. The molecule has 5 heteroatoms. The summed E-state index contributed by atoms with van der Waals surface area (Å²) in [5.41, 5.74) is 4.10. The van der Waals surface area contributed by atoms with Crippen LogP contribution in [-0.2, 0) is 0 Å². The van der Waals surface area contributed by atoms with Crippen molar-refractivity contribution in [3.8, 4) is 21.7 Å². The number of aryl methyl sites for hydroxylation is 1. The molecule has 0 aliphatic rings. The molecule has 0 atom stereocenters. The van der Waals surface area contributed by atoms with Gasteiger partial charge in [-0.1, -0.05) is 29.8 Å². The third-order valence-electron chi connectivity index (χ3n) is 3.83. The van der Waals surface area contributed by atoms with Crippen LogP contribution in [-0.4, -0.2) is 9.97 Å². The van der Waals surface area contributed by atoms with Crippen molar-refractivity contribution in [1.82, 2.24) is 9.97 Å². The lowest BCUT2D eigenvalue weighted by atomic mass is 10.1. The zero-order valence-corrected chi connectivity index (χ0v) is 13.6. The fourth-order valence-corrected chi connectivity index (χ4v) is 3.74. The highest BCUT2D eigenvalue weighted by atomic mass is 32.1. The molecule has 0 spiro atoms. The van der Waals surface area contributed by atoms with Crippen LogP contribution in [0.5, 0.6) is 0 Å². The first-order valence-corrected chi connectivity index (χ1v) is 8.20. The SMILES string of the molecule is Cc1ccc(-c2ncnc3cc(-c4ccc(F)cc4F)sc23)cc1. The Bertz CT molecular complexity index is 1040. The molecule has 24 heavy (non-hydrogen) atoms. The molecule has 0 fully saturated rings. The molecule has 0 aliphatic carbocycles. The number of benzene rings is 2. The minimum Gasteiger partial charge on any atom is -0.235 e. The molecule has 0 saturated heterocycles. The Kier molecular flexibility index (Phi) is 3.58. The molecule has 0 amide bonds. The molecule has 4 aromatic rings. The third kappa shape index (κ3) is 2.57. The number of halogens is 2. The highest BCUT2D eigenvalue weighted by Crippen LogP contribution is 2.38. The Morgan fingerprint density at radius 2 is 1.71 bits per heavy atom. The van der Waals surface area contributed by atoms with Crippen LogP contribution in [0.2, 0.25) is 0 Å². The van der Waals surface area contributed by atoms with Gasteiger partial charge in [-0.2, -0.15) is 0 Å². The Labute approximate surface area is 141 Å². The average molecular weight is 338 g/mol. The van der Waals surface area contributed by atoms with Gasteiger partial charge in [-0.15, -0.1) is 11.3 Å². The maximum Gasteiger partial charge on any atom is 0.134 e. The maximum atomic E-state index is 14.1. The highest BCUT2D eigenvalue weighted by Gasteiger charge is 2.14. The molecule has 0 bridgehead atoms. The van der Waals surface area contributed by atoms with Gasteiger partial charge < -0.3 is 0 Å². The second-order valence-electron chi connectivity index (χ2n) is 5.54. The monoisotopic (exact) mass is 338 g/mol. The molecule has 2 nitrogen and oxygen atoms in total. The molecular weight excluding hydrogens is 326 g/mol. The van der Waals surface area contributed by atoms with Crippen LogP contribution >= 0.6 is 11.3 Å². The van der Waals surface area contributed by atoms with E-state index in [0.717, 1.165) is 27.5 Å². The lowest BCUT2D eigenvalue weighted by Gasteiger charge is -2.02. The van der Waals surface area contributed by atoms with Gasteiger partial charge in [0.05, 0.1) is 15.9 Å². The van der Waals surface area contributed by atoms with Crippen LogP contribution in [0.3, 0.4) is 0 Å². The summed E-state index contributed by atoms with van der Waals surface area (Å²) in [6.45, 7) is 2.03. The van der Waals surface area contributed by atoms with Crippen LogP contribution in [0, 0.1) is 18.6 Å². The topological polar surface area (TPSA) is 25.8 Å². The smallest absolute Gasteiger partial charge is 0.134 e. The zero-order valence-electron chi connectivity index (χ0n) is 12.8. The van der Waals surface area contributed by atoms with Crippen molar-refractivity contribution in [3.05, 3.63) is 72.1 Å². The van der Waals surface area contributed by atoms with E-state index < -0.39 is 11.6 Å². The Hall–Kier alpha value is -2.66. The summed E-state index contributed by atoms with van der Waals surface area (Å²) >= 11 is 1.41. The van der Waals surface area contributed by atoms with Gasteiger partial charge in [0, 0.05) is 22.1 Å². The summed E-state index contributed by atoms with van der Waals surface area (Å²) in [6.07, 6.45) is 1.51. The van der Waals surface area contributed by atoms with Gasteiger partial charge in [0.15, 0.2) is 0 Å². The summed E-state index contributed by atoms with van der Waals surface area (Å²) in [6, 6.07) is 13.5. The van der Waals surface area contributed by atoms with Gasteiger partial charge >= 0.3 is 0 Å². The first-order valence-electron chi connectivity index (χ1n) is 7.39. The molecule has 2 aromatic carbocycles. The van der Waals surface area contributed by atoms with Gasteiger partial charge in [0.2, 0.25) is 0 Å². The number of aromatic nitrogens is 2. The van der Waals surface area contributed by atoms with Gasteiger partial charge in [0.1, 0.15) is 18.0 Å². The number of thiophene rings is 1. The summed E-state index contributed by atoms with van der Waals surface area (Å²) in [5, 5.41) is 0. The van der Waals surface area contributed by atoms with Crippen molar-refractivity contribution in [2.45, 2.75) is 6.92 Å². The molecular formula is C19H12F2N2S. The number of fused-ring (bicyclic) bond motifs is 1. The molecule has 2 aromatic heterocycles.